The Kier molecular flexibility index (Phi) is 4.27. The van der Waals surface area contributed by atoms with E-state index in [4.69, 9.17) is 17.3 Å². The second-order valence-corrected chi connectivity index (χ2v) is 5.74. The van der Waals surface area contributed by atoms with Crippen LogP contribution in [-0.4, -0.2) is 36.1 Å². The predicted octanol–water partition coefficient (Wildman–Crippen LogP) is 2.64. The second kappa shape index (κ2) is 6.33. The smallest absolute Gasteiger partial charge is 0.0660 e. The monoisotopic (exact) mass is 302 g/mol. The molecule has 1 fully saturated rings. The van der Waals surface area contributed by atoms with E-state index in [2.05, 4.69) is 20.9 Å². The van der Waals surface area contributed by atoms with Gasteiger partial charge in [-0.25, -0.2) is 0 Å². The lowest BCUT2D eigenvalue weighted by Crippen LogP contribution is -2.46. The summed E-state index contributed by atoms with van der Waals surface area (Å²) in [4.78, 5) is 8.93. The Labute approximate surface area is 130 Å². The number of nitrogens with two attached hydrogens (primary N) is 1. The van der Waals surface area contributed by atoms with Gasteiger partial charge in [0.2, 0.25) is 0 Å². The van der Waals surface area contributed by atoms with E-state index >= 15 is 0 Å². The molecule has 0 unspecified atom stereocenters. The summed E-state index contributed by atoms with van der Waals surface area (Å²) in [7, 11) is 0. The summed E-state index contributed by atoms with van der Waals surface area (Å²) < 4.78 is 0. The van der Waals surface area contributed by atoms with Crippen LogP contribution in [0.25, 0.3) is 0 Å². The zero-order valence-electron chi connectivity index (χ0n) is 11.9. The first-order valence-corrected chi connectivity index (χ1v) is 7.51. The van der Waals surface area contributed by atoms with Crippen LogP contribution in [-0.2, 0) is 6.54 Å². The van der Waals surface area contributed by atoms with Gasteiger partial charge in [-0.3, -0.25) is 9.88 Å². The van der Waals surface area contributed by atoms with Crippen molar-refractivity contribution in [2.45, 2.75) is 6.54 Å². The van der Waals surface area contributed by atoms with Gasteiger partial charge in [-0.05, 0) is 29.8 Å². The van der Waals surface area contributed by atoms with Gasteiger partial charge in [0.15, 0.2) is 0 Å². The lowest BCUT2D eigenvalue weighted by Gasteiger charge is -2.36. The van der Waals surface area contributed by atoms with Crippen LogP contribution < -0.4 is 10.6 Å². The summed E-state index contributed by atoms with van der Waals surface area (Å²) in [5, 5.41) is 0.732. The number of hydrogen-bond donors (Lipinski definition) is 1. The van der Waals surface area contributed by atoms with Crippen LogP contribution >= 0.6 is 11.6 Å². The minimum absolute atomic E-state index is 0.707. The van der Waals surface area contributed by atoms with Crippen LogP contribution in [0.4, 0.5) is 11.4 Å². The fourth-order valence-electron chi connectivity index (χ4n) is 2.68. The molecule has 1 saturated heterocycles. The van der Waals surface area contributed by atoms with Crippen molar-refractivity contribution in [3.63, 3.8) is 0 Å². The molecule has 0 saturated carbocycles. The van der Waals surface area contributed by atoms with Crippen LogP contribution in [0, 0.1) is 0 Å². The highest BCUT2D eigenvalue weighted by Gasteiger charge is 2.19. The van der Waals surface area contributed by atoms with Gasteiger partial charge < -0.3 is 10.6 Å². The summed E-state index contributed by atoms with van der Waals surface area (Å²) in [6, 6.07) is 9.84. The third-order valence-electron chi connectivity index (χ3n) is 3.81. The molecule has 2 heterocycles. The molecule has 1 aliphatic heterocycles. The van der Waals surface area contributed by atoms with E-state index in [1.165, 1.54) is 5.56 Å². The number of nitrogen functional groups attached to an aromatic ring is 1. The lowest BCUT2D eigenvalue weighted by atomic mass is 10.2. The first-order valence-electron chi connectivity index (χ1n) is 7.13. The molecule has 0 amide bonds. The summed E-state index contributed by atoms with van der Waals surface area (Å²) >= 11 is 6.29. The van der Waals surface area contributed by atoms with Crippen LogP contribution in [0.3, 0.4) is 0 Å². The van der Waals surface area contributed by atoms with Gasteiger partial charge in [-0.15, -0.1) is 0 Å². The number of halogens is 1. The van der Waals surface area contributed by atoms with E-state index in [0.717, 1.165) is 43.4 Å². The van der Waals surface area contributed by atoms with Crippen molar-refractivity contribution in [3.8, 4) is 0 Å². The van der Waals surface area contributed by atoms with Crippen molar-refractivity contribution < 1.29 is 0 Å². The fourth-order valence-corrected chi connectivity index (χ4v) is 2.98. The van der Waals surface area contributed by atoms with Crippen molar-refractivity contribution in [3.05, 3.63) is 53.3 Å². The third-order valence-corrected chi connectivity index (χ3v) is 4.12. The fraction of sp³-hybridized carbons (Fsp3) is 0.312. The number of anilines is 2. The molecule has 2 N–H and O–H groups in total. The first kappa shape index (κ1) is 14.2. The van der Waals surface area contributed by atoms with Crippen molar-refractivity contribution in [1.82, 2.24) is 9.88 Å². The van der Waals surface area contributed by atoms with Gasteiger partial charge in [0.25, 0.3) is 0 Å². The summed E-state index contributed by atoms with van der Waals surface area (Å²) in [6.07, 6.45) is 3.74. The number of pyridine rings is 1. The SMILES string of the molecule is Nc1ccc(N2CCN(Cc3cccnc3)CC2)c(Cl)c1. The van der Waals surface area contributed by atoms with Crippen LogP contribution in [0.15, 0.2) is 42.7 Å². The van der Waals surface area contributed by atoms with Gasteiger partial charge in [0.1, 0.15) is 0 Å². The maximum atomic E-state index is 6.29. The molecule has 0 atom stereocenters. The molecule has 4 nitrogen and oxygen atoms in total. The molecule has 0 radical (unpaired) electrons. The van der Waals surface area contributed by atoms with Crippen LogP contribution in [0.5, 0.6) is 0 Å². The number of rotatable bonds is 3. The molecule has 0 spiro atoms. The summed E-state index contributed by atoms with van der Waals surface area (Å²) in [5.41, 5.74) is 8.79. The lowest BCUT2D eigenvalue weighted by molar-refractivity contribution is 0.249. The Balaban J connectivity index is 1.60. The van der Waals surface area contributed by atoms with E-state index in [1.54, 1.807) is 0 Å². The van der Waals surface area contributed by atoms with E-state index < -0.39 is 0 Å². The predicted molar refractivity (Wildman–Crippen MR) is 87.6 cm³/mol. The van der Waals surface area contributed by atoms with Gasteiger partial charge in [0, 0.05) is 50.8 Å². The van der Waals surface area contributed by atoms with E-state index in [-0.39, 0.29) is 0 Å². The quantitative estimate of drug-likeness (QED) is 0.885. The average molecular weight is 303 g/mol. The zero-order valence-corrected chi connectivity index (χ0v) is 12.6. The first-order chi connectivity index (χ1) is 10.2. The highest BCUT2D eigenvalue weighted by molar-refractivity contribution is 6.33. The van der Waals surface area contributed by atoms with Crippen molar-refractivity contribution >= 4 is 23.0 Å². The van der Waals surface area contributed by atoms with Gasteiger partial charge in [0.05, 0.1) is 10.7 Å². The van der Waals surface area contributed by atoms with Gasteiger partial charge in [-0.1, -0.05) is 17.7 Å². The molecule has 1 aromatic heterocycles. The Morgan fingerprint density at radius 2 is 1.95 bits per heavy atom. The maximum absolute atomic E-state index is 6.29. The molecular weight excluding hydrogens is 284 g/mol. The van der Waals surface area contributed by atoms with Crippen molar-refractivity contribution in [2.75, 3.05) is 36.8 Å². The molecule has 5 heteroatoms. The van der Waals surface area contributed by atoms with Crippen molar-refractivity contribution in [1.29, 1.82) is 0 Å². The Morgan fingerprint density at radius 3 is 2.62 bits per heavy atom. The second-order valence-electron chi connectivity index (χ2n) is 5.34. The zero-order chi connectivity index (χ0) is 14.7. The normalized spacial score (nSPS) is 16.1. The molecule has 110 valence electrons. The summed E-state index contributed by atoms with van der Waals surface area (Å²) in [5.74, 6) is 0. The standard InChI is InChI=1S/C16H19ClN4/c17-15-10-14(18)3-4-16(15)21-8-6-20(7-9-21)12-13-2-1-5-19-11-13/h1-5,10-11H,6-9,12,18H2. The Bertz CT molecular complexity index is 594. The third kappa shape index (κ3) is 3.46. The number of nitrogens with zero attached hydrogens (tertiary/aromatic N) is 3. The molecule has 3 rings (SSSR count). The number of aromatic nitrogens is 1. The molecule has 2 aromatic rings. The largest absolute Gasteiger partial charge is 0.399 e. The van der Waals surface area contributed by atoms with E-state index in [9.17, 15) is 0 Å². The van der Waals surface area contributed by atoms with Crippen LogP contribution in [0.2, 0.25) is 5.02 Å². The Hall–Kier alpha value is -1.78. The minimum Gasteiger partial charge on any atom is -0.399 e. The van der Waals surface area contributed by atoms with E-state index in [0.29, 0.717) is 5.69 Å². The molecule has 0 aliphatic carbocycles. The van der Waals surface area contributed by atoms with E-state index in [1.807, 2.05) is 36.7 Å². The number of piperazine rings is 1. The number of hydrogen-bond acceptors (Lipinski definition) is 4. The Morgan fingerprint density at radius 1 is 1.14 bits per heavy atom. The van der Waals surface area contributed by atoms with Gasteiger partial charge in [-0.2, -0.15) is 0 Å². The molecule has 1 aliphatic rings. The molecular formula is C16H19ClN4. The topological polar surface area (TPSA) is 45.4 Å². The molecule has 21 heavy (non-hydrogen) atoms. The highest BCUT2D eigenvalue weighted by atomic mass is 35.5. The van der Waals surface area contributed by atoms with Gasteiger partial charge >= 0.3 is 0 Å². The van der Waals surface area contributed by atoms with Crippen LogP contribution in [0.1, 0.15) is 5.56 Å². The average Bonchev–Trinajstić information content (AvgIpc) is 2.49. The number of benzene rings is 1. The van der Waals surface area contributed by atoms with Crippen molar-refractivity contribution in [2.24, 2.45) is 0 Å². The maximum Gasteiger partial charge on any atom is 0.0660 e. The minimum atomic E-state index is 0.707. The molecule has 1 aromatic carbocycles. The molecule has 0 bridgehead atoms. The highest BCUT2D eigenvalue weighted by Crippen LogP contribution is 2.28. The summed E-state index contributed by atoms with van der Waals surface area (Å²) in [6.45, 7) is 4.95.